The van der Waals surface area contributed by atoms with Gasteiger partial charge in [-0.25, -0.2) is 4.79 Å². The van der Waals surface area contributed by atoms with Crippen molar-refractivity contribution >= 4 is 6.03 Å². The highest BCUT2D eigenvalue weighted by atomic mass is 16.2. The molecule has 2 heterocycles. The van der Waals surface area contributed by atoms with Gasteiger partial charge in [0.2, 0.25) is 0 Å². The van der Waals surface area contributed by atoms with Crippen LogP contribution in [0.15, 0.2) is 0 Å². The first-order chi connectivity index (χ1) is 8.78. The quantitative estimate of drug-likeness (QED) is 0.820. The number of carbonyl (C=O) groups is 1. The molecule has 0 aromatic carbocycles. The number of nitrogens with zero attached hydrogens (tertiary/aromatic N) is 3. The molecule has 19 heavy (non-hydrogen) atoms. The molecule has 0 aromatic rings. The average molecular weight is 268 g/mol. The van der Waals surface area contributed by atoms with Crippen LogP contribution in [0.2, 0.25) is 0 Å². The molecule has 2 atom stereocenters. The maximum Gasteiger partial charge on any atom is 0.320 e. The Morgan fingerprint density at radius 2 is 2.00 bits per heavy atom. The van der Waals surface area contributed by atoms with Crippen molar-refractivity contribution in [3.63, 3.8) is 0 Å². The van der Waals surface area contributed by atoms with E-state index in [1.165, 1.54) is 6.42 Å². The molecular weight excluding hydrogens is 240 g/mol. The van der Waals surface area contributed by atoms with Crippen LogP contribution < -0.4 is 5.73 Å². The molecule has 0 aliphatic carbocycles. The van der Waals surface area contributed by atoms with E-state index >= 15 is 0 Å². The fraction of sp³-hybridized carbons (Fsp3) is 0.929. The number of hydrogen-bond donors (Lipinski definition) is 1. The Balaban J connectivity index is 1.93. The van der Waals surface area contributed by atoms with E-state index in [1.54, 1.807) is 0 Å². The molecule has 2 aliphatic heterocycles. The molecule has 2 rings (SSSR count). The number of amides is 2. The summed E-state index contributed by atoms with van der Waals surface area (Å²) in [6.07, 6.45) is 2.05. The average Bonchev–Trinajstić information content (AvgIpc) is 2.83. The van der Waals surface area contributed by atoms with Crippen LogP contribution in [0.25, 0.3) is 0 Å². The number of likely N-dealkylation sites (tertiary alicyclic amines) is 1. The molecule has 2 N–H and O–H groups in total. The van der Waals surface area contributed by atoms with Gasteiger partial charge in [-0.05, 0) is 46.2 Å². The summed E-state index contributed by atoms with van der Waals surface area (Å²) in [7, 11) is 4.10. The summed E-state index contributed by atoms with van der Waals surface area (Å²) in [5.41, 5.74) is 5.81. The highest BCUT2D eigenvalue weighted by Gasteiger charge is 2.40. The van der Waals surface area contributed by atoms with Gasteiger partial charge in [-0.1, -0.05) is 0 Å². The Kier molecular flexibility index (Phi) is 4.06. The first kappa shape index (κ1) is 14.6. The molecule has 2 fully saturated rings. The number of hydrogen-bond acceptors (Lipinski definition) is 3. The first-order valence-electron chi connectivity index (χ1n) is 7.27. The van der Waals surface area contributed by atoms with Crippen LogP contribution in [0, 0.1) is 5.92 Å². The second kappa shape index (κ2) is 5.29. The van der Waals surface area contributed by atoms with Gasteiger partial charge >= 0.3 is 6.03 Å². The maximum absolute atomic E-state index is 12.3. The first-order valence-corrected chi connectivity index (χ1v) is 7.27. The molecule has 2 saturated heterocycles. The van der Waals surface area contributed by atoms with Crippen molar-refractivity contribution in [2.45, 2.75) is 38.3 Å². The zero-order valence-corrected chi connectivity index (χ0v) is 12.7. The molecule has 5 heteroatoms. The van der Waals surface area contributed by atoms with Gasteiger partial charge in [0.25, 0.3) is 0 Å². The van der Waals surface area contributed by atoms with Gasteiger partial charge in [0.15, 0.2) is 0 Å². The van der Waals surface area contributed by atoms with Gasteiger partial charge in [0, 0.05) is 32.2 Å². The molecule has 0 spiro atoms. The van der Waals surface area contributed by atoms with Gasteiger partial charge in [0.05, 0.1) is 6.04 Å². The smallest absolute Gasteiger partial charge is 0.320 e. The Labute approximate surface area is 116 Å². The monoisotopic (exact) mass is 268 g/mol. The molecule has 5 nitrogen and oxygen atoms in total. The third-order valence-electron chi connectivity index (χ3n) is 4.48. The molecule has 2 unspecified atom stereocenters. The fourth-order valence-corrected chi connectivity index (χ4v) is 3.15. The van der Waals surface area contributed by atoms with E-state index in [0.717, 1.165) is 32.6 Å². The molecule has 0 saturated carbocycles. The van der Waals surface area contributed by atoms with Gasteiger partial charge in [-0.15, -0.1) is 0 Å². The molecule has 2 amide bonds. The van der Waals surface area contributed by atoms with E-state index in [-0.39, 0.29) is 11.6 Å². The van der Waals surface area contributed by atoms with Gasteiger partial charge in [-0.3, -0.25) is 0 Å². The summed E-state index contributed by atoms with van der Waals surface area (Å²) in [5, 5.41) is 0. The Hall–Kier alpha value is -0.810. The standard InChI is InChI=1S/C14H28N4O/c1-14(2,15)6-8-18-10-12(17(4)13(18)19)11-5-7-16(3)9-11/h11-12H,5-10,15H2,1-4H3. The Morgan fingerprint density at radius 1 is 1.32 bits per heavy atom. The third kappa shape index (κ3) is 3.39. The molecule has 0 radical (unpaired) electrons. The minimum absolute atomic E-state index is 0.170. The summed E-state index contributed by atoms with van der Waals surface area (Å²) < 4.78 is 0. The highest BCUT2D eigenvalue weighted by Crippen LogP contribution is 2.27. The summed E-state index contributed by atoms with van der Waals surface area (Å²) in [4.78, 5) is 18.5. The van der Waals surface area contributed by atoms with Crippen LogP contribution in [0.1, 0.15) is 26.7 Å². The topological polar surface area (TPSA) is 52.8 Å². The summed E-state index contributed by atoms with van der Waals surface area (Å²) in [5.74, 6) is 0.620. The van der Waals surface area contributed by atoms with Crippen molar-refractivity contribution in [2.24, 2.45) is 11.7 Å². The van der Waals surface area contributed by atoms with E-state index in [0.29, 0.717) is 12.0 Å². The summed E-state index contributed by atoms with van der Waals surface area (Å²) >= 11 is 0. The van der Waals surface area contributed by atoms with Gasteiger partial charge < -0.3 is 20.4 Å². The molecular formula is C14H28N4O. The van der Waals surface area contributed by atoms with Crippen molar-refractivity contribution in [1.82, 2.24) is 14.7 Å². The van der Waals surface area contributed by atoms with E-state index in [2.05, 4.69) is 11.9 Å². The van der Waals surface area contributed by atoms with E-state index < -0.39 is 0 Å². The normalized spacial score (nSPS) is 29.6. The predicted octanol–water partition coefficient (Wildman–Crippen LogP) is 0.802. The molecule has 2 aliphatic rings. The Morgan fingerprint density at radius 3 is 2.53 bits per heavy atom. The number of nitrogens with two attached hydrogens (primary N) is 1. The SMILES string of the molecule is CN1CCC(C2CN(CCC(C)(C)N)C(=O)N2C)C1. The number of likely N-dealkylation sites (N-methyl/N-ethyl adjacent to an activating group) is 1. The van der Waals surface area contributed by atoms with E-state index in [9.17, 15) is 4.79 Å². The fourth-order valence-electron chi connectivity index (χ4n) is 3.15. The molecule has 0 aromatic heterocycles. The lowest BCUT2D eigenvalue weighted by molar-refractivity contribution is 0.188. The number of rotatable bonds is 4. The van der Waals surface area contributed by atoms with Gasteiger partial charge in [-0.2, -0.15) is 0 Å². The minimum Gasteiger partial charge on any atom is -0.325 e. The van der Waals surface area contributed by atoms with Crippen LogP contribution in [-0.2, 0) is 0 Å². The second-order valence-corrected chi connectivity index (χ2v) is 6.96. The number of carbonyl (C=O) groups excluding carboxylic acids is 1. The van der Waals surface area contributed by atoms with Crippen molar-refractivity contribution < 1.29 is 4.79 Å². The van der Waals surface area contributed by atoms with Crippen molar-refractivity contribution in [1.29, 1.82) is 0 Å². The second-order valence-electron chi connectivity index (χ2n) is 6.96. The van der Waals surface area contributed by atoms with Crippen LogP contribution >= 0.6 is 0 Å². The Bertz CT molecular complexity index is 339. The lowest BCUT2D eigenvalue weighted by Crippen LogP contribution is -2.38. The largest absolute Gasteiger partial charge is 0.325 e. The van der Waals surface area contributed by atoms with Crippen molar-refractivity contribution in [3.05, 3.63) is 0 Å². The van der Waals surface area contributed by atoms with E-state index in [4.69, 9.17) is 5.73 Å². The number of urea groups is 1. The highest BCUT2D eigenvalue weighted by molar-refractivity contribution is 5.77. The van der Waals surface area contributed by atoms with Crippen LogP contribution in [0.5, 0.6) is 0 Å². The van der Waals surface area contributed by atoms with Crippen molar-refractivity contribution in [2.75, 3.05) is 40.3 Å². The molecule has 0 bridgehead atoms. The van der Waals surface area contributed by atoms with Crippen molar-refractivity contribution in [3.8, 4) is 0 Å². The maximum atomic E-state index is 12.3. The summed E-state index contributed by atoms with van der Waals surface area (Å²) in [6.45, 7) is 7.93. The lowest BCUT2D eigenvalue weighted by Gasteiger charge is -2.24. The zero-order chi connectivity index (χ0) is 14.2. The van der Waals surface area contributed by atoms with Crippen LogP contribution in [-0.4, -0.2) is 72.6 Å². The predicted molar refractivity (Wildman–Crippen MR) is 77.0 cm³/mol. The van der Waals surface area contributed by atoms with Gasteiger partial charge in [0.1, 0.15) is 0 Å². The zero-order valence-electron chi connectivity index (χ0n) is 12.7. The summed E-state index contributed by atoms with van der Waals surface area (Å²) in [6, 6.07) is 0.544. The third-order valence-corrected chi connectivity index (χ3v) is 4.48. The lowest BCUT2D eigenvalue weighted by atomic mass is 9.98. The van der Waals surface area contributed by atoms with Crippen LogP contribution in [0.4, 0.5) is 4.79 Å². The van der Waals surface area contributed by atoms with Crippen LogP contribution in [0.3, 0.4) is 0 Å². The minimum atomic E-state index is -0.204. The molecule has 110 valence electrons. The van der Waals surface area contributed by atoms with E-state index in [1.807, 2.05) is 30.7 Å².